The summed E-state index contributed by atoms with van der Waals surface area (Å²) in [5.74, 6) is 0. The Hall–Kier alpha value is 0.01000. The van der Waals surface area contributed by atoms with Crippen LogP contribution in [0.2, 0.25) is 15.1 Å². The molecule has 0 heterocycles. The van der Waals surface area contributed by atoms with E-state index in [2.05, 4.69) is 5.32 Å². The van der Waals surface area contributed by atoms with Crippen molar-refractivity contribution in [3.8, 4) is 0 Å². The van der Waals surface area contributed by atoms with E-state index in [-0.39, 0.29) is 6.04 Å². The van der Waals surface area contributed by atoms with Crippen molar-refractivity contribution in [3.05, 3.63) is 32.8 Å². The molecule has 0 bridgehead atoms. The average Bonchev–Trinajstić information content (AvgIpc) is 2.31. The molecule has 1 unspecified atom stereocenters. The van der Waals surface area contributed by atoms with Crippen LogP contribution in [0.1, 0.15) is 37.8 Å². The number of hydrogen-bond donors (Lipinski definition) is 2. The minimum atomic E-state index is -0.545. The zero-order valence-electron chi connectivity index (χ0n) is 10.1. The van der Waals surface area contributed by atoms with Crippen molar-refractivity contribution < 1.29 is 5.11 Å². The second kappa shape index (κ2) is 5.56. The largest absolute Gasteiger partial charge is 0.389 e. The van der Waals surface area contributed by atoms with Crippen molar-refractivity contribution in [3.63, 3.8) is 0 Å². The lowest BCUT2D eigenvalue weighted by Crippen LogP contribution is -2.46. The molecule has 0 aromatic heterocycles. The van der Waals surface area contributed by atoms with E-state index in [4.69, 9.17) is 34.8 Å². The lowest BCUT2D eigenvalue weighted by Gasteiger charge is -2.37. The van der Waals surface area contributed by atoms with Crippen molar-refractivity contribution in [1.82, 2.24) is 5.32 Å². The van der Waals surface area contributed by atoms with E-state index in [0.29, 0.717) is 21.6 Å². The van der Waals surface area contributed by atoms with Gasteiger partial charge in [0.05, 0.1) is 20.7 Å². The standard InChI is InChI=1S/C13H16Cl3NO/c1-8(17-7-13(18)5-2-6-13)9-3-4-10(14)12(16)11(9)15/h3-4,8,17-18H,2,5-7H2,1H3. The molecule has 1 aliphatic carbocycles. The van der Waals surface area contributed by atoms with Crippen molar-refractivity contribution in [1.29, 1.82) is 0 Å². The molecule has 2 rings (SSSR count). The zero-order chi connectivity index (χ0) is 13.3. The first-order valence-corrected chi connectivity index (χ1v) is 7.15. The van der Waals surface area contributed by atoms with E-state index in [1.54, 1.807) is 6.07 Å². The molecule has 1 atom stereocenters. The molecule has 1 aliphatic rings. The summed E-state index contributed by atoms with van der Waals surface area (Å²) >= 11 is 18.1. The van der Waals surface area contributed by atoms with Crippen LogP contribution in [-0.4, -0.2) is 17.3 Å². The molecular formula is C13H16Cl3NO. The van der Waals surface area contributed by atoms with Gasteiger partial charge >= 0.3 is 0 Å². The van der Waals surface area contributed by atoms with Gasteiger partial charge in [0.25, 0.3) is 0 Å². The molecule has 5 heteroatoms. The van der Waals surface area contributed by atoms with E-state index in [1.165, 1.54) is 0 Å². The highest BCUT2D eigenvalue weighted by Crippen LogP contribution is 2.36. The van der Waals surface area contributed by atoms with Gasteiger partial charge in [-0.15, -0.1) is 0 Å². The number of nitrogens with one attached hydrogen (secondary N) is 1. The van der Waals surface area contributed by atoms with Gasteiger partial charge in [-0.2, -0.15) is 0 Å². The summed E-state index contributed by atoms with van der Waals surface area (Å²) in [4.78, 5) is 0. The van der Waals surface area contributed by atoms with Crippen molar-refractivity contribution in [2.75, 3.05) is 6.54 Å². The number of benzene rings is 1. The summed E-state index contributed by atoms with van der Waals surface area (Å²) in [6.45, 7) is 2.57. The Morgan fingerprint density at radius 3 is 2.50 bits per heavy atom. The molecular weight excluding hydrogens is 293 g/mol. The van der Waals surface area contributed by atoms with Gasteiger partial charge in [0.1, 0.15) is 0 Å². The van der Waals surface area contributed by atoms with Crippen LogP contribution in [0.4, 0.5) is 0 Å². The summed E-state index contributed by atoms with van der Waals surface area (Å²) in [6.07, 6.45) is 2.82. The maximum atomic E-state index is 10.0. The molecule has 1 aromatic carbocycles. The Bertz CT molecular complexity index is 446. The van der Waals surface area contributed by atoms with Gasteiger partial charge in [-0.05, 0) is 37.8 Å². The summed E-state index contributed by atoms with van der Waals surface area (Å²) in [7, 11) is 0. The third kappa shape index (κ3) is 2.94. The van der Waals surface area contributed by atoms with Crippen LogP contribution in [0.5, 0.6) is 0 Å². The van der Waals surface area contributed by atoms with E-state index in [1.807, 2.05) is 13.0 Å². The Kier molecular flexibility index (Phi) is 4.45. The molecule has 0 saturated heterocycles. The fourth-order valence-electron chi connectivity index (χ4n) is 2.09. The number of aliphatic hydroxyl groups is 1. The van der Waals surface area contributed by atoms with Crippen molar-refractivity contribution >= 4 is 34.8 Å². The quantitative estimate of drug-likeness (QED) is 0.817. The maximum absolute atomic E-state index is 10.0. The molecule has 1 saturated carbocycles. The lowest BCUT2D eigenvalue weighted by atomic mass is 9.80. The molecule has 0 amide bonds. The first-order valence-electron chi connectivity index (χ1n) is 6.02. The highest BCUT2D eigenvalue weighted by Gasteiger charge is 2.34. The van der Waals surface area contributed by atoms with Gasteiger partial charge < -0.3 is 10.4 Å². The maximum Gasteiger partial charge on any atom is 0.0781 e. The van der Waals surface area contributed by atoms with Crippen LogP contribution in [0.3, 0.4) is 0 Å². The molecule has 100 valence electrons. The minimum absolute atomic E-state index is 0.0249. The topological polar surface area (TPSA) is 32.3 Å². The number of halogens is 3. The van der Waals surface area contributed by atoms with Gasteiger partial charge in [0.15, 0.2) is 0 Å². The SMILES string of the molecule is CC(NCC1(O)CCC1)c1ccc(Cl)c(Cl)c1Cl. The fraction of sp³-hybridized carbons (Fsp3) is 0.538. The van der Waals surface area contributed by atoms with Crippen molar-refractivity contribution in [2.24, 2.45) is 0 Å². The van der Waals surface area contributed by atoms with Crippen LogP contribution >= 0.6 is 34.8 Å². The predicted octanol–water partition coefficient (Wildman–Crippen LogP) is 4.21. The van der Waals surface area contributed by atoms with Gasteiger partial charge in [0.2, 0.25) is 0 Å². The molecule has 2 N–H and O–H groups in total. The molecule has 18 heavy (non-hydrogen) atoms. The molecule has 2 nitrogen and oxygen atoms in total. The van der Waals surface area contributed by atoms with Gasteiger partial charge in [-0.25, -0.2) is 0 Å². The second-order valence-electron chi connectivity index (χ2n) is 4.95. The summed E-state index contributed by atoms with van der Waals surface area (Å²) < 4.78 is 0. The van der Waals surface area contributed by atoms with E-state index in [9.17, 15) is 5.11 Å². The summed E-state index contributed by atoms with van der Waals surface area (Å²) in [5.41, 5.74) is 0.353. The second-order valence-corrected chi connectivity index (χ2v) is 6.11. The first-order chi connectivity index (χ1) is 8.43. The number of hydrogen-bond acceptors (Lipinski definition) is 2. The zero-order valence-corrected chi connectivity index (χ0v) is 12.4. The van der Waals surface area contributed by atoms with Crippen LogP contribution in [0.25, 0.3) is 0 Å². The first kappa shape index (κ1) is 14.4. The predicted molar refractivity (Wildman–Crippen MR) is 76.7 cm³/mol. The van der Waals surface area contributed by atoms with Crippen molar-refractivity contribution in [2.45, 2.75) is 37.8 Å². The number of rotatable bonds is 4. The molecule has 0 spiro atoms. The Morgan fingerprint density at radius 1 is 1.28 bits per heavy atom. The molecule has 0 aliphatic heterocycles. The van der Waals surface area contributed by atoms with E-state index >= 15 is 0 Å². The van der Waals surface area contributed by atoms with Crippen LogP contribution in [-0.2, 0) is 0 Å². The van der Waals surface area contributed by atoms with Crippen LogP contribution < -0.4 is 5.32 Å². The Morgan fingerprint density at radius 2 is 1.94 bits per heavy atom. The monoisotopic (exact) mass is 307 g/mol. The highest BCUT2D eigenvalue weighted by atomic mass is 35.5. The van der Waals surface area contributed by atoms with Gasteiger partial charge in [-0.1, -0.05) is 40.9 Å². The lowest BCUT2D eigenvalue weighted by molar-refractivity contribution is -0.0329. The Labute approximate surface area is 122 Å². The van der Waals surface area contributed by atoms with Gasteiger partial charge in [-0.3, -0.25) is 0 Å². The van der Waals surface area contributed by atoms with Gasteiger partial charge in [0, 0.05) is 12.6 Å². The smallest absolute Gasteiger partial charge is 0.0781 e. The molecule has 1 fully saturated rings. The third-order valence-electron chi connectivity index (χ3n) is 3.55. The highest BCUT2D eigenvalue weighted by molar-refractivity contribution is 6.48. The minimum Gasteiger partial charge on any atom is -0.389 e. The van der Waals surface area contributed by atoms with E-state index in [0.717, 1.165) is 24.8 Å². The van der Waals surface area contributed by atoms with Crippen LogP contribution in [0, 0.1) is 0 Å². The molecule has 0 radical (unpaired) electrons. The normalized spacial score (nSPS) is 19.4. The van der Waals surface area contributed by atoms with E-state index < -0.39 is 5.60 Å². The third-order valence-corrected chi connectivity index (χ3v) is 4.86. The summed E-state index contributed by atoms with van der Waals surface area (Å²) in [6, 6.07) is 3.62. The van der Waals surface area contributed by atoms with Crippen LogP contribution in [0.15, 0.2) is 12.1 Å². The fourth-order valence-corrected chi connectivity index (χ4v) is 2.80. The average molecular weight is 309 g/mol. The Balaban J connectivity index is 2.04. The molecule has 1 aromatic rings. The summed E-state index contributed by atoms with van der Waals surface area (Å²) in [5, 5.41) is 14.6.